The average Bonchev–Trinajstić information content (AvgIpc) is 2.30. The van der Waals surface area contributed by atoms with Gasteiger partial charge in [0.05, 0.1) is 0 Å². The number of phenols is 1. The van der Waals surface area contributed by atoms with E-state index in [-0.39, 0.29) is 0 Å². The molecule has 0 bridgehead atoms. The van der Waals surface area contributed by atoms with Crippen molar-refractivity contribution in [2.24, 2.45) is 0 Å². The number of nitrogens with zero attached hydrogens (tertiary/aromatic N) is 1. The van der Waals surface area contributed by atoms with Gasteiger partial charge in [0.2, 0.25) is 0 Å². The Bertz CT molecular complexity index is 357. The zero-order chi connectivity index (χ0) is 11.5. The maximum atomic E-state index is 9.93. The van der Waals surface area contributed by atoms with E-state index in [1.54, 1.807) is 0 Å². The smallest absolute Gasteiger partial charge is 0.119 e. The Morgan fingerprint density at radius 2 is 1.94 bits per heavy atom. The number of piperidine rings is 1. The van der Waals surface area contributed by atoms with Gasteiger partial charge in [0, 0.05) is 19.8 Å². The standard InChI is InChI=1S/C13H20N2O/c1-15(2)11-3-4-13(16)12(9-11)10-5-7-14-8-6-10/h3-4,9-10,14,16H,5-8H2,1-2H3. The molecule has 2 N–H and O–H groups in total. The zero-order valence-electron chi connectivity index (χ0n) is 10.0. The summed E-state index contributed by atoms with van der Waals surface area (Å²) in [6.07, 6.45) is 2.23. The second-order valence-electron chi connectivity index (χ2n) is 4.66. The van der Waals surface area contributed by atoms with Gasteiger partial charge in [0.15, 0.2) is 0 Å². The maximum Gasteiger partial charge on any atom is 0.119 e. The molecule has 0 radical (unpaired) electrons. The highest BCUT2D eigenvalue weighted by Gasteiger charge is 2.18. The van der Waals surface area contributed by atoms with E-state index in [2.05, 4.69) is 16.3 Å². The normalized spacial score (nSPS) is 17.4. The second-order valence-corrected chi connectivity index (χ2v) is 4.66. The number of hydrogen-bond acceptors (Lipinski definition) is 3. The van der Waals surface area contributed by atoms with Gasteiger partial charge in [-0.05, 0) is 55.6 Å². The van der Waals surface area contributed by atoms with Gasteiger partial charge < -0.3 is 15.3 Å². The van der Waals surface area contributed by atoms with E-state index in [0.29, 0.717) is 11.7 Å². The Morgan fingerprint density at radius 3 is 2.56 bits per heavy atom. The molecule has 1 aliphatic heterocycles. The minimum atomic E-state index is 0.442. The summed E-state index contributed by atoms with van der Waals surface area (Å²) in [4.78, 5) is 2.07. The molecule has 1 aliphatic rings. The van der Waals surface area contributed by atoms with Crippen LogP contribution in [0.2, 0.25) is 0 Å². The van der Waals surface area contributed by atoms with Gasteiger partial charge >= 0.3 is 0 Å². The summed E-state index contributed by atoms with van der Waals surface area (Å²) < 4.78 is 0. The van der Waals surface area contributed by atoms with Gasteiger partial charge in [0.25, 0.3) is 0 Å². The van der Waals surface area contributed by atoms with Crippen LogP contribution in [0, 0.1) is 0 Å². The van der Waals surface area contributed by atoms with Crippen molar-refractivity contribution in [2.75, 3.05) is 32.1 Å². The van der Waals surface area contributed by atoms with Crippen LogP contribution >= 0.6 is 0 Å². The molecule has 1 heterocycles. The molecule has 1 aromatic carbocycles. The van der Waals surface area contributed by atoms with Gasteiger partial charge in [-0.15, -0.1) is 0 Å². The van der Waals surface area contributed by atoms with Crippen molar-refractivity contribution in [1.29, 1.82) is 0 Å². The molecule has 0 amide bonds. The van der Waals surface area contributed by atoms with E-state index in [9.17, 15) is 5.11 Å². The second kappa shape index (κ2) is 4.74. The largest absolute Gasteiger partial charge is 0.508 e. The molecule has 16 heavy (non-hydrogen) atoms. The monoisotopic (exact) mass is 220 g/mol. The molecule has 3 nitrogen and oxygen atoms in total. The first-order chi connectivity index (χ1) is 7.68. The molecule has 1 aromatic rings. The number of hydrogen-bond donors (Lipinski definition) is 2. The molecule has 88 valence electrons. The molecule has 3 heteroatoms. The first-order valence-corrected chi connectivity index (χ1v) is 5.89. The van der Waals surface area contributed by atoms with Crippen LogP contribution in [0.1, 0.15) is 24.3 Å². The van der Waals surface area contributed by atoms with Gasteiger partial charge in [-0.3, -0.25) is 0 Å². The zero-order valence-corrected chi connectivity index (χ0v) is 10.0. The number of phenolic OH excluding ortho intramolecular Hbond substituents is 1. The van der Waals surface area contributed by atoms with E-state index < -0.39 is 0 Å². The summed E-state index contributed by atoms with van der Waals surface area (Å²) >= 11 is 0. The molecule has 0 spiro atoms. The Morgan fingerprint density at radius 1 is 1.25 bits per heavy atom. The highest BCUT2D eigenvalue weighted by atomic mass is 16.3. The van der Waals surface area contributed by atoms with Gasteiger partial charge in [-0.25, -0.2) is 0 Å². The van der Waals surface area contributed by atoms with Crippen molar-refractivity contribution >= 4 is 5.69 Å². The average molecular weight is 220 g/mol. The van der Waals surface area contributed by atoms with Crippen LogP contribution in [0.5, 0.6) is 5.75 Å². The highest BCUT2D eigenvalue weighted by Crippen LogP contribution is 2.34. The third kappa shape index (κ3) is 2.30. The topological polar surface area (TPSA) is 35.5 Å². The predicted octanol–water partition coefficient (Wildman–Crippen LogP) is 1.93. The summed E-state index contributed by atoms with van der Waals surface area (Å²) in [5, 5.41) is 13.3. The molecule has 2 rings (SSSR count). The molecule has 0 aliphatic carbocycles. The van der Waals surface area contributed by atoms with Crippen molar-refractivity contribution in [1.82, 2.24) is 5.32 Å². The van der Waals surface area contributed by atoms with Crippen LogP contribution in [0.25, 0.3) is 0 Å². The van der Waals surface area contributed by atoms with Crippen LogP contribution in [0.15, 0.2) is 18.2 Å². The fourth-order valence-electron chi connectivity index (χ4n) is 2.28. The third-order valence-corrected chi connectivity index (χ3v) is 3.31. The number of aromatic hydroxyl groups is 1. The van der Waals surface area contributed by atoms with Gasteiger partial charge in [-0.2, -0.15) is 0 Å². The summed E-state index contributed by atoms with van der Waals surface area (Å²) in [7, 11) is 4.05. The summed E-state index contributed by atoms with van der Waals surface area (Å²) in [5.41, 5.74) is 2.26. The number of rotatable bonds is 2. The van der Waals surface area contributed by atoms with E-state index in [4.69, 9.17) is 0 Å². The number of benzene rings is 1. The first-order valence-electron chi connectivity index (χ1n) is 5.89. The van der Waals surface area contributed by atoms with Crippen molar-refractivity contribution in [3.8, 4) is 5.75 Å². The molecular weight excluding hydrogens is 200 g/mol. The fourth-order valence-corrected chi connectivity index (χ4v) is 2.28. The molecule has 1 fully saturated rings. The lowest BCUT2D eigenvalue weighted by Crippen LogP contribution is -2.26. The fraction of sp³-hybridized carbons (Fsp3) is 0.538. The Hall–Kier alpha value is -1.22. The molecule has 0 saturated carbocycles. The van der Waals surface area contributed by atoms with Gasteiger partial charge in [0.1, 0.15) is 5.75 Å². The van der Waals surface area contributed by atoms with Crippen molar-refractivity contribution in [3.63, 3.8) is 0 Å². The summed E-state index contributed by atoms with van der Waals surface area (Å²) in [6, 6.07) is 5.89. The SMILES string of the molecule is CN(C)c1ccc(O)c(C2CCNCC2)c1. The lowest BCUT2D eigenvalue weighted by molar-refractivity contribution is 0.424. The van der Waals surface area contributed by atoms with E-state index in [1.165, 1.54) is 0 Å². The molecule has 1 saturated heterocycles. The predicted molar refractivity (Wildman–Crippen MR) is 67.3 cm³/mol. The number of anilines is 1. The summed E-state index contributed by atoms with van der Waals surface area (Å²) in [5.74, 6) is 0.943. The van der Waals surface area contributed by atoms with Crippen molar-refractivity contribution < 1.29 is 5.11 Å². The van der Waals surface area contributed by atoms with Crippen LogP contribution in [-0.2, 0) is 0 Å². The highest BCUT2D eigenvalue weighted by molar-refractivity contribution is 5.53. The Balaban J connectivity index is 2.27. The summed E-state index contributed by atoms with van der Waals surface area (Å²) in [6.45, 7) is 2.10. The van der Waals surface area contributed by atoms with Crippen molar-refractivity contribution in [2.45, 2.75) is 18.8 Å². The quantitative estimate of drug-likeness (QED) is 0.799. The lowest BCUT2D eigenvalue weighted by Gasteiger charge is -2.25. The van der Waals surface area contributed by atoms with Crippen LogP contribution < -0.4 is 10.2 Å². The first kappa shape index (κ1) is 11.3. The minimum Gasteiger partial charge on any atom is -0.508 e. The van der Waals surface area contributed by atoms with Crippen molar-refractivity contribution in [3.05, 3.63) is 23.8 Å². The van der Waals surface area contributed by atoms with Crippen LogP contribution in [-0.4, -0.2) is 32.3 Å². The van der Waals surface area contributed by atoms with E-state index in [0.717, 1.165) is 37.2 Å². The molecule has 0 unspecified atom stereocenters. The Labute approximate surface area is 97.1 Å². The molecule has 0 atom stereocenters. The lowest BCUT2D eigenvalue weighted by atomic mass is 9.89. The third-order valence-electron chi connectivity index (χ3n) is 3.31. The van der Waals surface area contributed by atoms with E-state index in [1.807, 2.05) is 26.2 Å². The van der Waals surface area contributed by atoms with Gasteiger partial charge in [-0.1, -0.05) is 0 Å². The number of nitrogens with one attached hydrogen (secondary N) is 1. The maximum absolute atomic E-state index is 9.93. The Kier molecular flexibility index (Phi) is 3.34. The van der Waals surface area contributed by atoms with Crippen LogP contribution in [0.3, 0.4) is 0 Å². The molecular formula is C13H20N2O. The van der Waals surface area contributed by atoms with E-state index >= 15 is 0 Å². The van der Waals surface area contributed by atoms with Crippen LogP contribution in [0.4, 0.5) is 5.69 Å². The minimum absolute atomic E-state index is 0.442. The molecule has 0 aromatic heterocycles.